The fourth-order valence-electron chi connectivity index (χ4n) is 1.28. The molecule has 2 aromatic rings. The molecule has 5 heteroatoms. The Kier molecular flexibility index (Phi) is 1.85. The summed E-state index contributed by atoms with van der Waals surface area (Å²) >= 11 is 0. The maximum atomic E-state index is 5.69. The molecule has 0 aliphatic heterocycles. The van der Waals surface area contributed by atoms with Gasteiger partial charge in [0.05, 0.1) is 12.6 Å². The van der Waals surface area contributed by atoms with Crippen molar-refractivity contribution in [3.05, 3.63) is 18.2 Å². The number of hydrogen-bond acceptors (Lipinski definition) is 5. The van der Waals surface area contributed by atoms with Gasteiger partial charge in [0.25, 0.3) is 0 Å². The lowest BCUT2D eigenvalue weighted by molar-refractivity contribution is 0.415. The van der Waals surface area contributed by atoms with Crippen LogP contribution in [0.3, 0.4) is 0 Å². The number of rotatable bonds is 1. The number of fused-ring (bicyclic) bond motifs is 1. The van der Waals surface area contributed by atoms with Crippen LogP contribution in [0.4, 0.5) is 11.8 Å². The largest absolute Gasteiger partial charge is 0.497 e. The Labute approximate surface area is 80.7 Å². The van der Waals surface area contributed by atoms with Crippen molar-refractivity contribution in [3.63, 3.8) is 0 Å². The van der Waals surface area contributed by atoms with E-state index in [1.165, 1.54) is 0 Å². The Morgan fingerprint density at radius 1 is 1.21 bits per heavy atom. The van der Waals surface area contributed by atoms with Crippen LogP contribution in [-0.2, 0) is 0 Å². The first-order valence-corrected chi connectivity index (χ1v) is 4.07. The fourth-order valence-corrected chi connectivity index (χ4v) is 1.28. The molecule has 1 aromatic carbocycles. The van der Waals surface area contributed by atoms with Crippen molar-refractivity contribution in [2.24, 2.45) is 0 Å². The van der Waals surface area contributed by atoms with E-state index < -0.39 is 0 Å². The smallest absolute Gasteiger partial charge is 0.222 e. The van der Waals surface area contributed by atoms with E-state index in [-0.39, 0.29) is 5.95 Å². The highest BCUT2D eigenvalue weighted by Crippen LogP contribution is 2.23. The van der Waals surface area contributed by atoms with E-state index in [1.54, 1.807) is 25.3 Å². The second-order valence-corrected chi connectivity index (χ2v) is 2.85. The molecule has 0 spiro atoms. The molecule has 0 amide bonds. The van der Waals surface area contributed by atoms with Crippen molar-refractivity contribution < 1.29 is 4.74 Å². The molecule has 1 heterocycles. The second-order valence-electron chi connectivity index (χ2n) is 2.85. The van der Waals surface area contributed by atoms with E-state index in [2.05, 4.69) is 9.97 Å². The van der Waals surface area contributed by atoms with Crippen molar-refractivity contribution in [1.82, 2.24) is 9.97 Å². The average molecular weight is 190 g/mol. The van der Waals surface area contributed by atoms with Crippen LogP contribution >= 0.6 is 0 Å². The summed E-state index contributed by atoms with van der Waals surface area (Å²) in [6, 6.07) is 5.38. The van der Waals surface area contributed by atoms with Crippen molar-refractivity contribution in [2.45, 2.75) is 0 Å². The van der Waals surface area contributed by atoms with E-state index in [4.69, 9.17) is 16.2 Å². The van der Waals surface area contributed by atoms with Crippen LogP contribution in [0.1, 0.15) is 0 Å². The maximum Gasteiger partial charge on any atom is 0.222 e. The summed E-state index contributed by atoms with van der Waals surface area (Å²) in [7, 11) is 1.59. The Hall–Kier alpha value is -2.04. The van der Waals surface area contributed by atoms with Crippen molar-refractivity contribution in [1.29, 1.82) is 0 Å². The molecule has 0 bridgehead atoms. The van der Waals surface area contributed by atoms with Crippen LogP contribution in [0, 0.1) is 0 Å². The molecule has 4 N–H and O–H groups in total. The molecule has 0 unspecified atom stereocenters. The number of hydrogen-bond donors (Lipinski definition) is 2. The Balaban J connectivity index is 2.75. The number of nitrogens with two attached hydrogens (primary N) is 2. The van der Waals surface area contributed by atoms with Crippen molar-refractivity contribution >= 4 is 22.7 Å². The van der Waals surface area contributed by atoms with Gasteiger partial charge in [-0.25, -0.2) is 4.98 Å². The van der Waals surface area contributed by atoms with Crippen LogP contribution in [0.5, 0.6) is 5.75 Å². The number of nitrogens with zero attached hydrogens (tertiary/aromatic N) is 2. The first-order chi connectivity index (χ1) is 6.70. The summed E-state index contributed by atoms with van der Waals surface area (Å²) in [6.07, 6.45) is 0. The number of anilines is 2. The predicted molar refractivity (Wildman–Crippen MR) is 54.9 cm³/mol. The molecule has 1 aromatic heterocycles. The summed E-state index contributed by atoms with van der Waals surface area (Å²) in [5.41, 5.74) is 11.9. The molecule has 14 heavy (non-hydrogen) atoms. The third-order valence-corrected chi connectivity index (χ3v) is 1.95. The third kappa shape index (κ3) is 1.28. The van der Waals surface area contributed by atoms with Crippen LogP contribution < -0.4 is 16.2 Å². The van der Waals surface area contributed by atoms with Gasteiger partial charge in [0, 0.05) is 5.39 Å². The zero-order valence-corrected chi connectivity index (χ0v) is 7.69. The van der Waals surface area contributed by atoms with Gasteiger partial charge in [-0.1, -0.05) is 0 Å². The SMILES string of the molecule is COc1ccc2nc(N)nc(N)c2c1. The molecule has 0 atom stereocenters. The van der Waals surface area contributed by atoms with Gasteiger partial charge < -0.3 is 16.2 Å². The summed E-state index contributed by atoms with van der Waals surface area (Å²) in [5.74, 6) is 1.27. The minimum absolute atomic E-state index is 0.181. The molecular formula is C9H10N4O. The minimum Gasteiger partial charge on any atom is -0.497 e. The molecule has 0 saturated heterocycles. The highest BCUT2D eigenvalue weighted by atomic mass is 16.5. The highest BCUT2D eigenvalue weighted by Gasteiger charge is 2.03. The first kappa shape index (κ1) is 8.55. The molecular weight excluding hydrogens is 180 g/mol. The van der Waals surface area contributed by atoms with Crippen LogP contribution in [0.25, 0.3) is 10.9 Å². The monoisotopic (exact) mass is 190 g/mol. The molecule has 0 aliphatic carbocycles. The highest BCUT2D eigenvalue weighted by molar-refractivity contribution is 5.89. The summed E-state index contributed by atoms with van der Waals surface area (Å²) in [5, 5.41) is 0.749. The molecule has 72 valence electrons. The van der Waals surface area contributed by atoms with E-state index in [0.717, 1.165) is 16.7 Å². The lowest BCUT2D eigenvalue weighted by Crippen LogP contribution is -2.00. The zero-order valence-electron chi connectivity index (χ0n) is 7.69. The number of methoxy groups -OCH3 is 1. The summed E-state index contributed by atoms with van der Waals surface area (Å²) in [4.78, 5) is 7.91. The second kappa shape index (κ2) is 3.02. The molecule has 0 saturated carbocycles. The first-order valence-electron chi connectivity index (χ1n) is 4.07. The number of ether oxygens (including phenoxy) is 1. The summed E-state index contributed by atoms with van der Waals surface area (Å²) < 4.78 is 5.07. The quantitative estimate of drug-likeness (QED) is 0.694. The molecule has 2 rings (SSSR count). The Morgan fingerprint density at radius 3 is 2.71 bits per heavy atom. The van der Waals surface area contributed by atoms with Crippen LogP contribution in [0.15, 0.2) is 18.2 Å². The number of aromatic nitrogens is 2. The van der Waals surface area contributed by atoms with Crippen molar-refractivity contribution in [3.8, 4) is 5.75 Å². The molecule has 0 radical (unpaired) electrons. The molecule has 0 aliphatic rings. The zero-order chi connectivity index (χ0) is 10.1. The lowest BCUT2D eigenvalue weighted by Gasteiger charge is -2.04. The fraction of sp³-hybridized carbons (Fsp3) is 0.111. The van der Waals surface area contributed by atoms with E-state index in [1.807, 2.05) is 0 Å². The number of benzene rings is 1. The summed E-state index contributed by atoms with van der Waals surface area (Å²) in [6.45, 7) is 0. The van der Waals surface area contributed by atoms with Gasteiger partial charge in [-0.3, -0.25) is 0 Å². The van der Waals surface area contributed by atoms with Gasteiger partial charge in [0.1, 0.15) is 11.6 Å². The van der Waals surface area contributed by atoms with Gasteiger partial charge in [0.15, 0.2) is 0 Å². The topological polar surface area (TPSA) is 87.0 Å². The van der Waals surface area contributed by atoms with E-state index in [0.29, 0.717) is 5.82 Å². The molecule has 0 fully saturated rings. The third-order valence-electron chi connectivity index (χ3n) is 1.95. The standard InChI is InChI=1S/C9H10N4O/c1-14-5-2-3-7-6(4-5)8(10)13-9(11)12-7/h2-4H,1H3,(H4,10,11,12,13). The average Bonchev–Trinajstić information content (AvgIpc) is 2.17. The van der Waals surface area contributed by atoms with Gasteiger partial charge in [-0.05, 0) is 18.2 Å². The minimum atomic E-state index is 0.181. The number of nitrogen functional groups attached to an aromatic ring is 2. The van der Waals surface area contributed by atoms with Gasteiger partial charge >= 0.3 is 0 Å². The normalized spacial score (nSPS) is 10.4. The van der Waals surface area contributed by atoms with Crippen molar-refractivity contribution in [2.75, 3.05) is 18.6 Å². The Morgan fingerprint density at radius 2 is 2.00 bits per heavy atom. The molecule has 5 nitrogen and oxygen atoms in total. The van der Waals surface area contributed by atoms with Gasteiger partial charge in [-0.2, -0.15) is 4.98 Å². The van der Waals surface area contributed by atoms with Gasteiger partial charge in [-0.15, -0.1) is 0 Å². The van der Waals surface area contributed by atoms with E-state index >= 15 is 0 Å². The van der Waals surface area contributed by atoms with Gasteiger partial charge in [0.2, 0.25) is 5.95 Å². The van der Waals surface area contributed by atoms with Crippen LogP contribution in [-0.4, -0.2) is 17.1 Å². The van der Waals surface area contributed by atoms with E-state index in [9.17, 15) is 0 Å². The lowest BCUT2D eigenvalue weighted by atomic mass is 10.2. The maximum absolute atomic E-state index is 5.69. The predicted octanol–water partition coefficient (Wildman–Crippen LogP) is 0.803. The Bertz CT molecular complexity index is 483. The van der Waals surface area contributed by atoms with Crippen LogP contribution in [0.2, 0.25) is 0 Å².